The summed E-state index contributed by atoms with van der Waals surface area (Å²) in [7, 11) is 3.76. The molecule has 0 bridgehead atoms. The van der Waals surface area contributed by atoms with E-state index in [0.29, 0.717) is 49.4 Å². The Bertz CT molecular complexity index is 707. The molecule has 1 aromatic heterocycles. The summed E-state index contributed by atoms with van der Waals surface area (Å²) < 4.78 is 14.2. The number of hydrogen-bond acceptors (Lipinski definition) is 5. The molecule has 6 nitrogen and oxygen atoms in total. The van der Waals surface area contributed by atoms with Gasteiger partial charge in [0, 0.05) is 26.2 Å². The second-order valence-corrected chi connectivity index (χ2v) is 5.94. The number of amides is 1. The maximum absolute atomic E-state index is 14.2. The Labute approximate surface area is 134 Å². The van der Waals surface area contributed by atoms with Gasteiger partial charge >= 0.3 is 0 Å². The highest BCUT2D eigenvalue weighted by atomic mass is 19.1. The lowest BCUT2D eigenvalue weighted by Crippen LogP contribution is -2.51. The minimum atomic E-state index is -0.316. The number of piperazine rings is 1. The van der Waals surface area contributed by atoms with Gasteiger partial charge in [0.05, 0.1) is 17.4 Å². The molecule has 7 heteroatoms. The van der Waals surface area contributed by atoms with Crippen LogP contribution < -0.4 is 4.90 Å². The van der Waals surface area contributed by atoms with E-state index in [9.17, 15) is 9.18 Å². The van der Waals surface area contributed by atoms with Gasteiger partial charge in [0.2, 0.25) is 5.91 Å². The number of benzene rings is 1. The molecule has 1 aliphatic heterocycles. The average molecular weight is 317 g/mol. The number of fused-ring (bicyclic) bond motifs is 1. The van der Waals surface area contributed by atoms with E-state index in [-0.39, 0.29) is 11.7 Å². The van der Waals surface area contributed by atoms with Crippen LogP contribution in [0.5, 0.6) is 0 Å². The standard InChI is InChI=1S/C16H20FN5O/c1-20(2)10-14(23)21-6-8-22(9-7-21)16-15-12(17)4-3-5-13(15)18-11-19-16/h3-5,11H,6-10H2,1-2H3. The van der Waals surface area contributed by atoms with Crippen molar-refractivity contribution in [2.24, 2.45) is 0 Å². The summed E-state index contributed by atoms with van der Waals surface area (Å²) in [4.78, 5) is 26.2. The molecule has 0 aliphatic carbocycles. The largest absolute Gasteiger partial charge is 0.352 e. The first-order valence-corrected chi connectivity index (χ1v) is 7.63. The van der Waals surface area contributed by atoms with Gasteiger partial charge in [-0.05, 0) is 26.2 Å². The van der Waals surface area contributed by atoms with Crippen LogP contribution in [-0.2, 0) is 4.79 Å². The fourth-order valence-electron chi connectivity index (χ4n) is 2.83. The summed E-state index contributed by atoms with van der Waals surface area (Å²) >= 11 is 0. The maximum Gasteiger partial charge on any atom is 0.236 e. The molecule has 1 fully saturated rings. The lowest BCUT2D eigenvalue weighted by Gasteiger charge is -2.36. The van der Waals surface area contributed by atoms with Gasteiger partial charge in [-0.2, -0.15) is 0 Å². The van der Waals surface area contributed by atoms with Crippen LogP contribution >= 0.6 is 0 Å². The Kier molecular flexibility index (Phi) is 4.38. The number of nitrogens with zero attached hydrogens (tertiary/aromatic N) is 5. The molecule has 3 rings (SSSR count). The second kappa shape index (κ2) is 6.45. The summed E-state index contributed by atoms with van der Waals surface area (Å²) in [5, 5.41) is 0.447. The van der Waals surface area contributed by atoms with Crippen LogP contribution in [0, 0.1) is 5.82 Å². The third-order valence-electron chi connectivity index (χ3n) is 3.98. The first kappa shape index (κ1) is 15.6. The van der Waals surface area contributed by atoms with Crippen molar-refractivity contribution in [3.63, 3.8) is 0 Å². The molecule has 1 saturated heterocycles. The van der Waals surface area contributed by atoms with Gasteiger partial charge in [0.25, 0.3) is 0 Å². The van der Waals surface area contributed by atoms with Crippen LogP contribution in [0.3, 0.4) is 0 Å². The molecule has 1 aromatic carbocycles. The molecule has 23 heavy (non-hydrogen) atoms. The number of likely N-dealkylation sites (N-methyl/N-ethyl adjacent to an activating group) is 1. The van der Waals surface area contributed by atoms with Crippen LogP contribution in [0.2, 0.25) is 0 Å². The highest BCUT2D eigenvalue weighted by Gasteiger charge is 2.24. The van der Waals surface area contributed by atoms with Crippen molar-refractivity contribution in [2.45, 2.75) is 0 Å². The van der Waals surface area contributed by atoms with E-state index >= 15 is 0 Å². The van der Waals surface area contributed by atoms with E-state index in [1.54, 1.807) is 12.1 Å². The van der Waals surface area contributed by atoms with Gasteiger partial charge in [-0.25, -0.2) is 14.4 Å². The summed E-state index contributed by atoms with van der Waals surface area (Å²) in [6.45, 7) is 2.92. The van der Waals surface area contributed by atoms with Crippen LogP contribution in [-0.4, -0.2) is 72.5 Å². The molecular formula is C16H20FN5O. The quantitative estimate of drug-likeness (QED) is 0.845. The predicted molar refractivity (Wildman–Crippen MR) is 86.8 cm³/mol. The van der Waals surface area contributed by atoms with Gasteiger partial charge in [0.15, 0.2) is 0 Å². The van der Waals surface area contributed by atoms with Crippen molar-refractivity contribution >= 4 is 22.6 Å². The summed E-state index contributed by atoms with van der Waals surface area (Å²) in [6.07, 6.45) is 1.46. The molecule has 0 radical (unpaired) electrons. The van der Waals surface area contributed by atoms with E-state index in [0.717, 1.165) is 0 Å². The zero-order valence-electron chi connectivity index (χ0n) is 13.4. The van der Waals surface area contributed by atoms with E-state index < -0.39 is 0 Å². The predicted octanol–water partition coefficient (Wildman–Crippen LogP) is 0.979. The molecule has 2 aromatic rings. The van der Waals surface area contributed by atoms with Crippen molar-refractivity contribution in [3.8, 4) is 0 Å². The molecule has 2 heterocycles. The minimum Gasteiger partial charge on any atom is -0.352 e. The van der Waals surface area contributed by atoms with Gasteiger partial charge < -0.3 is 14.7 Å². The Morgan fingerprint density at radius 2 is 1.96 bits per heavy atom. The van der Waals surface area contributed by atoms with Crippen molar-refractivity contribution in [1.29, 1.82) is 0 Å². The Hall–Kier alpha value is -2.28. The molecule has 0 atom stereocenters. The van der Waals surface area contributed by atoms with Gasteiger partial charge in [-0.15, -0.1) is 0 Å². The first-order chi connectivity index (χ1) is 11.1. The molecule has 122 valence electrons. The van der Waals surface area contributed by atoms with Crippen molar-refractivity contribution in [3.05, 3.63) is 30.3 Å². The van der Waals surface area contributed by atoms with Gasteiger partial charge in [-0.1, -0.05) is 6.07 Å². The normalized spacial score (nSPS) is 15.5. The van der Waals surface area contributed by atoms with Crippen LogP contribution in [0.1, 0.15) is 0 Å². The van der Waals surface area contributed by atoms with E-state index in [1.165, 1.54) is 12.4 Å². The number of carbonyl (C=O) groups is 1. The Morgan fingerprint density at radius 3 is 2.65 bits per heavy atom. The van der Waals surface area contributed by atoms with E-state index in [2.05, 4.69) is 9.97 Å². The zero-order chi connectivity index (χ0) is 16.4. The fraction of sp³-hybridized carbons (Fsp3) is 0.438. The second-order valence-electron chi connectivity index (χ2n) is 5.94. The van der Waals surface area contributed by atoms with Crippen molar-refractivity contribution < 1.29 is 9.18 Å². The number of hydrogen-bond donors (Lipinski definition) is 0. The van der Waals surface area contributed by atoms with Crippen LogP contribution in [0.4, 0.5) is 10.2 Å². The number of rotatable bonds is 3. The number of carbonyl (C=O) groups excluding carboxylic acids is 1. The Morgan fingerprint density at radius 1 is 1.22 bits per heavy atom. The molecule has 0 spiro atoms. The molecular weight excluding hydrogens is 297 g/mol. The van der Waals surface area contributed by atoms with E-state index in [4.69, 9.17) is 0 Å². The van der Waals surface area contributed by atoms with Gasteiger partial charge in [-0.3, -0.25) is 4.79 Å². The molecule has 1 amide bonds. The van der Waals surface area contributed by atoms with E-state index in [1.807, 2.05) is 28.8 Å². The molecule has 1 aliphatic rings. The first-order valence-electron chi connectivity index (χ1n) is 7.63. The maximum atomic E-state index is 14.2. The van der Waals surface area contributed by atoms with Gasteiger partial charge in [0.1, 0.15) is 18.0 Å². The summed E-state index contributed by atoms with van der Waals surface area (Å²) in [5.41, 5.74) is 0.598. The molecule has 0 saturated carbocycles. The monoisotopic (exact) mass is 317 g/mol. The molecule has 0 unspecified atom stereocenters. The zero-order valence-corrected chi connectivity index (χ0v) is 13.4. The van der Waals surface area contributed by atoms with Crippen LogP contribution in [0.25, 0.3) is 10.9 Å². The third kappa shape index (κ3) is 3.24. The average Bonchev–Trinajstić information content (AvgIpc) is 2.54. The summed E-state index contributed by atoms with van der Waals surface area (Å²) in [6, 6.07) is 4.85. The number of anilines is 1. The summed E-state index contributed by atoms with van der Waals surface area (Å²) in [5.74, 6) is 0.408. The topological polar surface area (TPSA) is 52.6 Å². The Balaban J connectivity index is 1.77. The SMILES string of the molecule is CN(C)CC(=O)N1CCN(c2ncnc3cccc(F)c23)CC1. The smallest absolute Gasteiger partial charge is 0.236 e. The highest BCUT2D eigenvalue weighted by molar-refractivity contribution is 5.90. The lowest BCUT2D eigenvalue weighted by molar-refractivity contribution is -0.132. The fourth-order valence-corrected chi connectivity index (χ4v) is 2.83. The van der Waals surface area contributed by atoms with Crippen molar-refractivity contribution in [1.82, 2.24) is 19.8 Å². The highest BCUT2D eigenvalue weighted by Crippen LogP contribution is 2.26. The minimum absolute atomic E-state index is 0.119. The third-order valence-corrected chi connectivity index (χ3v) is 3.98. The molecule has 0 N–H and O–H groups in total. The lowest BCUT2D eigenvalue weighted by atomic mass is 10.2. The van der Waals surface area contributed by atoms with Crippen molar-refractivity contribution in [2.75, 3.05) is 51.7 Å². The number of halogens is 1. The van der Waals surface area contributed by atoms with Crippen LogP contribution in [0.15, 0.2) is 24.5 Å². The number of aromatic nitrogens is 2.